The van der Waals surface area contributed by atoms with E-state index in [0.717, 1.165) is 5.56 Å². The van der Waals surface area contributed by atoms with Gasteiger partial charge in [0.2, 0.25) is 0 Å². The Kier molecular flexibility index (Phi) is 3.19. The van der Waals surface area contributed by atoms with E-state index < -0.39 is 5.97 Å². The van der Waals surface area contributed by atoms with Crippen molar-refractivity contribution in [3.8, 4) is 11.4 Å². The smallest absolute Gasteiger partial charge is 0.307 e. The van der Waals surface area contributed by atoms with Crippen molar-refractivity contribution in [1.82, 2.24) is 15.0 Å². The van der Waals surface area contributed by atoms with E-state index in [0.29, 0.717) is 28.1 Å². The van der Waals surface area contributed by atoms with Gasteiger partial charge in [0.05, 0.1) is 11.9 Å². The molecular formula is C15H12N4O2. The van der Waals surface area contributed by atoms with Gasteiger partial charge in [-0.3, -0.25) is 9.78 Å². The minimum Gasteiger partial charge on any atom is -0.481 e. The van der Waals surface area contributed by atoms with Crippen LogP contribution in [0, 0.1) is 0 Å². The topological polar surface area (TPSA) is 102 Å². The number of hydrogen-bond donors (Lipinski definition) is 2. The van der Waals surface area contributed by atoms with Gasteiger partial charge in [-0.2, -0.15) is 0 Å². The Hall–Kier alpha value is -3.02. The molecule has 6 heteroatoms. The van der Waals surface area contributed by atoms with E-state index in [1.54, 1.807) is 36.7 Å². The summed E-state index contributed by atoms with van der Waals surface area (Å²) >= 11 is 0. The molecule has 2 heterocycles. The fourth-order valence-corrected chi connectivity index (χ4v) is 2.16. The number of aromatic nitrogens is 3. The summed E-state index contributed by atoms with van der Waals surface area (Å²) in [7, 11) is 0. The third-order valence-corrected chi connectivity index (χ3v) is 3.10. The minimum absolute atomic E-state index is 0.111. The Morgan fingerprint density at radius 1 is 1.19 bits per heavy atom. The third-order valence-electron chi connectivity index (χ3n) is 3.10. The molecule has 0 saturated heterocycles. The molecule has 1 aromatic carbocycles. The molecule has 3 aromatic rings. The number of fused-ring (bicyclic) bond motifs is 1. The fraction of sp³-hybridized carbons (Fsp3) is 0.0667. The molecule has 3 rings (SSSR count). The summed E-state index contributed by atoms with van der Waals surface area (Å²) in [5.41, 5.74) is 7.88. The Bertz CT molecular complexity index is 819. The first-order valence-electron chi connectivity index (χ1n) is 6.32. The van der Waals surface area contributed by atoms with E-state index in [1.165, 1.54) is 0 Å². The lowest BCUT2D eigenvalue weighted by Crippen LogP contribution is -2.04. The SMILES string of the molecule is Nc1nc(-c2cccnc2)nc2c(CC(=O)O)cccc12. The van der Waals surface area contributed by atoms with E-state index in [9.17, 15) is 4.79 Å². The van der Waals surface area contributed by atoms with Crippen LogP contribution in [0.5, 0.6) is 0 Å². The van der Waals surface area contributed by atoms with E-state index in [4.69, 9.17) is 10.8 Å². The standard InChI is InChI=1S/C15H12N4O2/c16-14-11-5-1-3-9(7-12(20)21)13(11)18-15(19-14)10-4-2-6-17-8-10/h1-6,8H,7H2,(H,20,21)(H2,16,18,19). The van der Waals surface area contributed by atoms with Crippen molar-refractivity contribution in [3.05, 3.63) is 48.3 Å². The van der Waals surface area contributed by atoms with Gasteiger partial charge in [0.25, 0.3) is 0 Å². The van der Waals surface area contributed by atoms with Gasteiger partial charge in [-0.25, -0.2) is 9.97 Å². The summed E-state index contributed by atoms with van der Waals surface area (Å²) in [6, 6.07) is 8.87. The van der Waals surface area contributed by atoms with Crippen LogP contribution in [0.25, 0.3) is 22.3 Å². The Balaban J connectivity index is 2.24. The summed E-state index contributed by atoms with van der Waals surface area (Å²) in [6.45, 7) is 0. The maximum Gasteiger partial charge on any atom is 0.307 e. The molecule has 0 aliphatic rings. The average Bonchev–Trinajstić information content (AvgIpc) is 2.48. The van der Waals surface area contributed by atoms with Crippen molar-refractivity contribution in [2.45, 2.75) is 6.42 Å². The number of rotatable bonds is 3. The molecule has 21 heavy (non-hydrogen) atoms. The van der Waals surface area contributed by atoms with Gasteiger partial charge in [-0.15, -0.1) is 0 Å². The van der Waals surface area contributed by atoms with Crippen LogP contribution in [-0.2, 0) is 11.2 Å². The first-order valence-corrected chi connectivity index (χ1v) is 6.32. The zero-order chi connectivity index (χ0) is 14.8. The molecule has 0 amide bonds. The number of aliphatic carboxylic acids is 1. The van der Waals surface area contributed by atoms with E-state index >= 15 is 0 Å². The highest BCUT2D eigenvalue weighted by atomic mass is 16.4. The normalized spacial score (nSPS) is 10.7. The number of nitrogens with zero attached hydrogens (tertiary/aromatic N) is 3. The first-order chi connectivity index (χ1) is 10.1. The molecule has 0 saturated carbocycles. The molecular weight excluding hydrogens is 268 g/mol. The summed E-state index contributed by atoms with van der Waals surface area (Å²) < 4.78 is 0. The van der Waals surface area contributed by atoms with Crippen LogP contribution in [0.3, 0.4) is 0 Å². The van der Waals surface area contributed by atoms with Crippen molar-refractivity contribution in [1.29, 1.82) is 0 Å². The zero-order valence-electron chi connectivity index (χ0n) is 11.0. The third kappa shape index (κ3) is 2.51. The molecule has 0 atom stereocenters. The van der Waals surface area contributed by atoms with Crippen molar-refractivity contribution in [2.75, 3.05) is 5.73 Å². The lowest BCUT2D eigenvalue weighted by Gasteiger charge is -2.08. The van der Waals surface area contributed by atoms with Crippen LogP contribution in [0.2, 0.25) is 0 Å². The van der Waals surface area contributed by atoms with Gasteiger partial charge in [-0.1, -0.05) is 12.1 Å². The van der Waals surface area contributed by atoms with E-state index in [2.05, 4.69) is 15.0 Å². The van der Waals surface area contributed by atoms with E-state index in [-0.39, 0.29) is 6.42 Å². The molecule has 3 N–H and O–H groups in total. The second kappa shape index (κ2) is 5.16. The average molecular weight is 280 g/mol. The van der Waals surface area contributed by atoms with Crippen LogP contribution in [0.4, 0.5) is 5.82 Å². The number of nitrogen functional groups attached to an aromatic ring is 1. The van der Waals surface area contributed by atoms with Crippen molar-refractivity contribution in [2.24, 2.45) is 0 Å². The first kappa shape index (κ1) is 13.0. The molecule has 0 radical (unpaired) electrons. The summed E-state index contributed by atoms with van der Waals surface area (Å²) in [5.74, 6) is -0.153. The Morgan fingerprint density at radius 3 is 2.76 bits per heavy atom. The summed E-state index contributed by atoms with van der Waals surface area (Å²) in [5, 5.41) is 9.65. The number of anilines is 1. The Morgan fingerprint density at radius 2 is 2.05 bits per heavy atom. The maximum absolute atomic E-state index is 11.0. The molecule has 0 unspecified atom stereocenters. The molecule has 2 aromatic heterocycles. The molecule has 0 spiro atoms. The number of benzene rings is 1. The number of para-hydroxylation sites is 1. The monoisotopic (exact) mass is 280 g/mol. The Labute approximate surface area is 120 Å². The summed E-state index contributed by atoms with van der Waals surface area (Å²) in [6.07, 6.45) is 3.18. The van der Waals surface area contributed by atoms with Crippen molar-refractivity contribution in [3.63, 3.8) is 0 Å². The number of carbonyl (C=O) groups is 1. The largest absolute Gasteiger partial charge is 0.481 e. The van der Waals surface area contributed by atoms with Crippen LogP contribution in [0.15, 0.2) is 42.7 Å². The highest BCUT2D eigenvalue weighted by Crippen LogP contribution is 2.25. The molecule has 0 bridgehead atoms. The highest BCUT2D eigenvalue weighted by Gasteiger charge is 2.12. The van der Waals surface area contributed by atoms with Crippen LogP contribution < -0.4 is 5.73 Å². The van der Waals surface area contributed by atoms with Gasteiger partial charge in [0.15, 0.2) is 5.82 Å². The predicted octanol–water partition coefficient (Wildman–Crippen LogP) is 1.90. The second-order valence-electron chi connectivity index (χ2n) is 4.56. The van der Waals surface area contributed by atoms with Gasteiger partial charge in [0.1, 0.15) is 5.82 Å². The molecule has 104 valence electrons. The van der Waals surface area contributed by atoms with Gasteiger partial charge in [-0.05, 0) is 23.8 Å². The van der Waals surface area contributed by atoms with Crippen LogP contribution >= 0.6 is 0 Å². The summed E-state index contributed by atoms with van der Waals surface area (Å²) in [4.78, 5) is 23.7. The maximum atomic E-state index is 11.0. The molecule has 6 nitrogen and oxygen atoms in total. The quantitative estimate of drug-likeness (QED) is 0.759. The lowest BCUT2D eigenvalue weighted by atomic mass is 10.1. The number of nitrogens with two attached hydrogens (primary N) is 1. The lowest BCUT2D eigenvalue weighted by molar-refractivity contribution is -0.136. The fourth-order valence-electron chi connectivity index (χ4n) is 2.16. The molecule has 0 aliphatic carbocycles. The number of pyridine rings is 1. The van der Waals surface area contributed by atoms with E-state index in [1.807, 2.05) is 6.07 Å². The molecule has 0 aliphatic heterocycles. The van der Waals surface area contributed by atoms with Gasteiger partial charge in [0, 0.05) is 23.3 Å². The van der Waals surface area contributed by atoms with Crippen LogP contribution in [0.1, 0.15) is 5.56 Å². The second-order valence-corrected chi connectivity index (χ2v) is 4.56. The zero-order valence-corrected chi connectivity index (χ0v) is 11.0. The van der Waals surface area contributed by atoms with Gasteiger partial charge >= 0.3 is 5.97 Å². The number of carboxylic acids is 1. The minimum atomic E-state index is -0.914. The van der Waals surface area contributed by atoms with Crippen molar-refractivity contribution >= 4 is 22.7 Å². The van der Waals surface area contributed by atoms with Crippen LogP contribution in [-0.4, -0.2) is 26.0 Å². The highest BCUT2D eigenvalue weighted by molar-refractivity contribution is 5.93. The predicted molar refractivity (Wildman–Crippen MR) is 78.5 cm³/mol. The number of carboxylic acid groups (broad SMARTS) is 1. The molecule has 0 fully saturated rings. The van der Waals surface area contributed by atoms with Crippen molar-refractivity contribution < 1.29 is 9.90 Å². The number of hydrogen-bond acceptors (Lipinski definition) is 5. The van der Waals surface area contributed by atoms with Gasteiger partial charge < -0.3 is 10.8 Å².